The first-order chi connectivity index (χ1) is 37.9. The number of primary amides is 1. The molecule has 0 saturated carbocycles. The topological polar surface area (TPSA) is 416 Å². The molecule has 79 heavy (non-hydrogen) atoms. The Hall–Kier alpha value is -5.68. The fourth-order valence-corrected chi connectivity index (χ4v) is 7.80. The number of aliphatic carboxylic acids is 4. The first-order valence-corrected chi connectivity index (χ1v) is 27.9. The van der Waals surface area contributed by atoms with Crippen LogP contribution >= 0.6 is 12.8 Å². The highest BCUT2D eigenvalue weighted by molar-refractivity contribution is 7.78. The van der Waals surface area contributed by atoms with Crippen LogP contribution in [0, 0.1) is 0 Å². The van der Waals surface area contributed by atoms with Gasteiger partial charge in [-0.1, -0.05) is 89.9 Å². The number of carboxylic acid groups (broad SMARTS) is 4. The summed E-state index contributed by atoms with van der Waals surface area (Å²) in [5.41, 5.74) is 5.22. The van der Waals surface area contributed by atoms with Gasteiger partial charge >= 0.3 is 23.9 Å². The number of hydrogen-bond donors (Lipinski definition) is 13. The summed E-state index contributed by atoms with van der Waals surface area (Å²) in [6.45, 7) is 0.228. The Morgan fingerprint density at radius 2 is 0.709 bits per heavy atom. The molecule has 0 radical (unpaired) electrons. The van der Waals surface area contributed by atoms with Crippen LogP contribution in [-0.2, 0) is 71.7 Å². The lowest BCUT2D eigenvalue weighted by Crippen LogP contribution is -2.45. The lowest BCUT2D eigenvalue weighted by atomic mass is 10.0. The fourth-order valence-electron chi connectivity index (χ4n) is 7.54. The first-order valence-electron chi connectivity index (χ1n) is 27.4. The normalized spacial score (nSPS) is 12.5. The summed E-state index contributed by atoms with van der Waals surface area (Å²) in [5, 5.41) is 52.1. The van der Waals surface area contributed by atoms with Crippen molar-refractivity contribution in [3.05, 3.63) is 0 Å². The highest BCUT2D eigenvalue weighted by atomic mass is 32.1. The van der Waals surface area contributed by atoms with Crippen molar-refractivity contribution in [2.75, 3.05) is 72.5 Å². The summed E-state index contributed by atoms with van der Waals surface area (Å²) < 4.78 is 23.7. The van der Waals surface area contributed by atoms with Crippen molar-refractivity contribution in [2.24, 2.45) is 5.73 Å². The predicted octanol–water partition coefficient (Wildman–Crippen LogP) is 1.23. The molecule has 454 valence electrons. The quantitative estimate of drug-likeness (QED) is 0.0301. The van der Waals surface area contributed by atoms with Crippen LogP contribution in [0.15, 0.2) is 0 Å². The Kier molecular flexibility index (Phi) is 45.8. The number of nitrogens with two attached hydrogens (primary N) is 1. The molecule has 0 rings (SSSR count). The van der Waals surface area contributed by atoms with E-state index in [4.69, 9.17) is 29.8 Å². The lowest BCUT2D eigenvalue weighted by Gasteiger charge is -2.17. The Bertz CT molecular complexity index is 1800. The van der Waals surface area contributed by atoms with E-state index in [-0.39, 0.29) is 117 Å². The summed E-state index contributed by atoms with van der Waals surface area (Å²) in [4.78, 5) is 130. The van der Waals surface area contributed by atoms with Crippen LogP contribution in [0.4, 0.5) is 0 Å². The van der Waals surface area contributed by atoms with E-state index < -0.39 is 96.5 Å². The molecule has 4 atom stereocenters. The van der Waals surface area contributed by atoms with Gasteiger partial charge in [-0.15, -0.1) is 0 Å². The third-order valence-electron chi connectivity index (χ3n) is 12.0. The van der Waals surface area contributed by atoms with Crippen molar-refractivity contribution in [1.29, 1.82) is 0 Å². The molecule has 0 saturated heterocycles. The molecule has 0 aliphatic heterocycles. The summed E-state index contributed by atoms with van der Waals surface area (Å²) in [7, 11) is 0. The zero-order chi connectivity index (χ0) is 58.9. The third kappa shape index (κ3) is 45.8. The molecule has 0 aromatic carbocycles. The van der Waals surface area contributed by atoms with Gasteiger partial charge in [0.15, 0.2) is 0 Å². The number of ether oxygens (including phenoxy) is 4. The van der Waals surface area contributed by atoms with E-state index >= 15 is 0 Å². The smallest absolute Gasteiger partial charge is 0.326 e. The van der Waals surface area contributed by atoms with E-state index in [1.165, 1.54) is 32.1 Å². The van der Waals surface area contributed by atoms with Crippen LogP contribution in [0.3, 0.4) is 0 Å². The molecule has 0 aliphatic carbocycles. The third-order valence-corrected chi connectivity index (χ3v) is 12.3. The van der Waals surface area contributed by atoms with Gasteiger partial charge in [0.2, 0.25) is 41.4 Å². The van der Waals surface area contributed by atoms with Crippen LogP contribution in [0.5, 0.6) is 0 Å². The van der Waals surface area contributed by atoms with Crippen molar-refractivity contribution in [3.8, 4) is 0 Å². The fraction of sp³-hybridized carbons (Fsp3) is 0.784. The van der Waals surface area contributed by atoms with Crippen LogP contribution in [0.1, 0.15) is 161 Å². The Labute approximate surface area is 468 Å². The summed E-state index contributed by atoms with van der Waals surface area (Å²) in [6.07, 6.45) is 15.3. The number of nitrogens with one attached hydrogen (secondary N) is 7. The average Bonchev–Trinajstić information content (AvgIpc) is 3.39. The molecule has 13 N–H and O–H groups in total. The Balaban J connectivity index is 3.97. The van der Waals surface area contributed by atoms with Gasteiger partial charge in [-0.25, -0.2) is 14.4 Å². The van der Waals surface area contributed by atoms with Crippen LogP contribution in [-0.4, -0.2) is 182 Å². The van der Waals surface area contributed by atoms with Crippen molar-refractivity contribution in [2.45, 2.75) is 185 Å². The van der Waals surface area contributed by atoms with Gasteiger partial charge in [-0.3, -0.25) is 43.1 Å². The summed E-state index contributed by atoms with van der Waals surface area (Å²) in [5.74, 6) is -8.57. The molecule has 0 aromatic rings. The Morgan fingerprint density at radius 3 is 1.13 bits per heavy atom. The number of carbonyl (C=O) groups excluding carboxylic acids is 7. The zero-order valence-electron chi connectivity index (χ0n) is 45.7. The molecule has 0 aromatic heterocycles. The van der Waals surface area contributed by atoms with Crippen molar-refractivity contribution in [1.82, 2.24) is 36.6 Å². The molecule has 28 heteroatoms. The van der Waals surface area contributed by atoms with Crippen molar-refractivity contribution < 1.29 is 92.1 Å². The van der Waals surface area contributed by atoms with Crippen molar-refractivity contribution in [3.63, 3.8) is 0 Å². The lowest BCUT2D eigenvalue weighted by molar-refractivity contribution is -0.144. The molecule has 0 aliphatic rings. The molecule has 0 spiro atoms. The molecule has 0 bridgehead atoms. The second-order valence-electron chi connectivity index (χ2n) is 18.8. The molecule has 0 heterocycles. The molecular weight excluding hydrogens is 1060 g/mol. The van der Waals surface area contributed by atoms with Gasteiger partial charge in [0, 0.05) is 51.7 Å². The van der Waals surface area contributed by atoms with E-state index in [0.717, 1.165) is 51.4 Å². The van der Waals surface area contributed by atoms with Crippen molar-refractivity contribution >= 4 is 78.0 Å². The van der Waals surface area contributed by atoms with E-state index in [1.807, 2.05) is 0 Å². The largest absolute Gasteiger partial charge is 0.481 e. The van der Waals surface area contributed by atoms with Gasteiger partial charge in [0.25, 0.3) is 0 Å². The number of carbonyl (C=O) groups is 11. The van der Waals surface area contributed by atoms with E-state index in [2.05, 4.69) is 49.4 Å². The second kappa shape index (κ2) is 49.4. The number of rotatable bonds is 55. The molecule has 27 nitrogen and oxygen atoms in total. The van der Waals surface area contributed by atoms with Crippen LogP contribution in [0.2, 0.25) is 0 Å². The van der Waals surface area contributed by atoms with Gasteiger partial charge in [-0.2, -0.15) is 0 Å². The van der Waals surface area contributed by atoms with Gasteiger partial charge in [0.1, 0.15) is 31.3 Å². The number of thiol groups is 1. The minimum Gasteiger partial charge on any atom is -0.481 e. The standard InChI is InChI=1S/C51H90N8O19S/c52-48(68)37(59-79)17-15-16-26-53-41(60)23-20-39(50(71)72)57-44(63)25-22-40(51(73)74)58-46(65)36-78-34-32-76-30-28-55-45(64)35-77-33-31-75-29-27-54-42(61)24-21-38(49(69)70)56-43(62)18-13-11-9-7-5-3-1-2-4-6-8-10-12-14-19-47(66)67/h37-40,59,79H,1-36H2,(H2,52,68)(H,53,60)(H,54,61)(H,55,64)(H,56,62)(H,57,63)(H,58,65)(H,66,67)(H,69,70)(H,71,72)(H,73,74). The molecule has 4 unspecified atom stereocenters. The summed E-state index contributed by atoms with van der Waals surface area (Å²) in [6, 6.07) is -4.71. The van der Waals surface area contributed by atoms with Crippen LogP contribution < -0.4 is 42.4 Å². The number of hydrogen-bond acceptors (Lipinski definition) is 17. The maximum absolute atomic E-state index is 12.5. The maximum Gasteiger partial charge on any atom is 0.326 e. The van der Waals surface area contributed by atoms with Gasteiger partial charge in [-0.05, 0) is 51.4 Å². The number of unbranched alkanes of at least 4 members (excludes halogenated alkanes) is 14. The molecule has 7 amide bonds. The van der Waals surface area contributed by atoms with E-state index in [0.29, 0.717) is 25.7 Å². The Morgan fingerprint density at radius 1 is 0.354 bits per heavy atom. The van der Waals surface area contributed by atoms with Gasteiger partial charge < -0.3 is 77.0 Å². The average molecular weight is 1150 g/mol. The highest BCUT2D eigenvalue weighted by Crippen LogP contribution is 2.14. The first kappa shape index (κ1) is 73.3. The zero-order valence-corrected chi connectivity index (χ0v) is 46.6. The molecule has 0 fully saturated rings. The molecular formula is C51H90N8O19S. The van der Waals surface area contributed by atoms with E-state index in [1.54, 1.807) is 0 Å². The minimum absolute atomic E-state index is 0.0355. The SMILES string of the molecule is NC(=O)C(CCCCNC(=O)CCC(NC(=O)CCC(NC(=O)COCCOCCNC(=O)COCCOCCNC(=O)CCC(NC(=O)CCCCCCCCCCCCCCCCC(=O)O)C(=O)O)C(=O)O)C(=O)O)NS. The minimum atomic E-state index is -1.49. The van der Waals surface area contributed by atoms with Gasteiger partial charge in [0.05, 0.1) is 45.7 Å². The second-order valence-corrected chi connectivity index (χ2v) is 19.1. The van der Waals surface area contributed by atoms with Crippen LogP contribution in [0.25, 0.3) is 0 Å². The van der Waals surface area contributed by atoms with E-state index in [9.17, 15) is 68.1 Å². The highest BCUT2D eigenvalue weighted by Gasteiger charge is 2.25. The summed E-state index contributed by atoms with van der Waals surface area (Å²) >= 11 is 3.83. The number of amides is 7. The maximum atomic E-state index is 12.5. The monoisotopic (exact) mass is 1150 g/mol. The number of carboxylic acids is 4. The predicted molar refractivity (Wildman–Crippen MR) is 289 cm³/mol.